The minimum Gasteiger partial charge on any atom is -0.368 e. The van der Waals surface area contributed by atoms with E-state index < -0.39 is 17.3 Å². The number of nitrogens with zero attached hydrogens (tertiary/aromatic N) is 1. The molecule has 0 spiro atoms. The molecule has 0 aliphatic rings. The zero-order valence-corrected chi connectivity index (χ0v) is 13.2. The van der Waals surface area contributed by atoms with E-state index in [1.165, 1.54) is 6.07 Å². The first kappa shape index (κ1) is 17.6. The van der Waals surface area contributed by atoms with Crippen LogP contribution in [0, 0.1) is 5.82 Å². The molecule has 1 unspecified atom stereocenters. The molecular weight excluding hydrogens is 269 g/mol. The zero-order valence-electron chi connectivity index (χ0n) is 13.2. The molecule has 1 aromatic rings. The van der Waals surface area contributed by atoms with E-state index in [1.807, 2.05) is 6.92 Å². The summed E-state index contributed by atoms with van der Waals surface area (Å²) in [6, 6.07) is 6.30. The Balaban J connectivity index is 2.95. The predicted molar refractivity (Wildman–Crippen MR) is 83.4 cm³/mol. The first-order chi connectivity index (χ1) is 10.0. The highest BCUT2D eigenvalue weighted by Crippen LogP contribution is 2.27. The molecule has 0 bridgehead atoms. The van der Waals surface area contributed by atoms with Gasteiger partial charge in [0.15, 0.2) is 0 Å². The van der Waals surface area contributed by atoms with Gasteiger partial charge in [-0.1, -0.05) is 39.0 Å². The van der Waals surface area contributed by atoms with Gasteiger partial charge < -0.3 is 10.6 Å². The van der Waals surface area contributed by atoms with Gasteiger partial charge in [0.1, 0.15) is 11.4 Å². The van der Waals surface area contributed by atoms with Crippen LogP contribution in [0.5, 0.6) is 0 Å². The number of halogens is 1. The molecule has 0 aliphatic heterocycles. The SMILES string of the molecule is CCN(CC)CCNC(CC)(C(N)=O)c1ccccc1F. The number of likely N-dealkylation sites (N-methyl/N-ethyl adjacent to an activating group) is 1. The van der Waals surface area contributed by atoms with Crippen LogP contribution in [0.1, 0.15) is 32.8 Å². The van der Waals surface area contributed by atoms with Crippen LogP contribution in [-0.2, 0) is 10.3 Å². The topological polar surface area (TPSA) is 58.4 Å². The first-order valence-corrected chi connectivity index (χ1v) is 7.54. The van der Waals surface area contributed by atoms with Crippen LogP contribution in [0.2, 0.25) is 0 Å². The maximum Gasteiger partial charge on any atom is 0.242 e. The van der Waals surface area contributed by atoms with Gasteiger partial charge in [0.25, 0.3) is 0 Å². The second-order valence-electron chi connectivity index (χ2n) is 5.06. The molecule has 0 aliphatic carbocycles. The summed E-state index contributed by atoms with van der Waals surface area (Å²) >= 11 is 0. The highest BCUT2D eigenvalue weighted by Gasteiger charge is 2.38. The summed E-state index contributed by atoms with van der Waals surface area (Å²) in [6.07, 6.45) is 0.404. The lowest BCUT2D eigenvalue weighted by molar-refractivity contribution is -0.125. The average molecular weight is 295 g/mol. The van der Waals surface area contributed by atoms with Gasteiger partial charge in [0, 0.05) is 18.7 Å². The molecule has 1 rings (SSSR count). The molecule has 0 fully saturated rings. The van der Waals surface area contributed by atoms with Gasteiger partial charge in [-0.05, 0) is 25.6 Å². The predicted octanol–water partition coefficient (Wildman–Crippen LogP) is 1.85. The van der Waals surface area contributed by atoms with Crippen LogP contribution in [-0.4, -0.2) is 37.0 Å². The van der Waals surface area contributed by atoms with Gasteiger partial charge in [-0.2, -0.15) is 0 Å². The van der Waals surface area contributed by atoms with E-state index in [0.29, 0.717) is 18.5 Å². The largest absolute Gasteiger partial charge is 0.368 e. The van der Waals surface area contributed by atoms with Crippen molar-refractivity contribution in [3.05, 3.63) is 35.6 Å². The normalized spacial score (nSPS) is 14.1. The number of nitrogens with one attached hydrogen (secondary N) is 1. The smallest absolute Gasteiger partial charge is 0.242 e. The van der Waals surface area contributed by atoms with Crippen LogP contribution in [0.4, 0.5) is 4.39 Å². The lowest BCUT2D eigenvalue weighted by atomic mass is 9.86. The molecule has 5 heteroatoms. The number of carbonyl (C=O) groups is 1. The molecule has 21 heavy (non-hydrogen) atoms. The van der Waals surface area contributed by atoms with E-state index in [2.05, 4.69) is 24.1 Å². The van der Waals surface area contributed by atoms with E-state index in [1.54, 1.807) is 18.2 Å². The summed E-state index contributed by atoms with van der Waals surface area (Å²) in [5.41, 5.74) is 4.75. The van der Waals surface area contributed by atoms with Crippen molar-refractivity contribution in [2.45, 2.75) is 32.7 Å². The Morgan fingerprint density at radius 3 is 2.38 bits per heavy atom. The fraction of sp³-hybridized carbons (Fsp3) is 0.562. The zero-order chi connectivity index (χ0) is 15.9. The van der Waals surface area contributed by atoms with Crippen molar-refractivity contribution in [2.75, 3.05) is 26.2 Å². The summed E-state index contributed by atoms with van der Waals surface area (Å²) < 4.78 is 14.1. The van der Waals surface area contributed by atoms with Crippen molar-refractivity contribution in [1.29, 1.82) is 0 Å². The van der Waals surface area contributed by atoms with Gasteiger partial charge in [0.2, 0.25) is 5.91 Å². The number of nitrogens with two attached hydrogens (primary N) is 1. The second-order valence-corrected chi connectivity index (χ2v) is 5.06. The Morgan fingerprint density at radius 2 is 1.90 bits per heavy atom. The van der Waals surface area contributed by atoms with Gasteiger partial charge >= 0.3 is 0 Å². The summed E-state index contributed by atoms with van der Waals surface area (Å²) in [5.74, 6) is -0.955. The summed E-state index contributed by atoms with van der Waals surface area (Å²) in [7, 11) is 0. The number of benzene rings is 1. The van der Waals surface area contributed by atoms with Crippen molar-refractivity contribution in [1.82, 2.24) is 10.2 Å². The number of carbonyl (C=O) groups excluding carboxylic acids is 1. The molecule has 0 heterocycles. The third-order valence-electron chi connectivity index (χ3n) is 4.03. The maximum atomic E-state index is 14.1. The van der Waals surface area contributed by atoms with Gasteiger partial charge in [-0.15, -0.1) is 0 Å². The number of amides is 1. The highest BCUT2D eigenvalue weighted by molar-refractivity contribution is 5.86. The average Bonchev–Trinajstić information content (AvgIpc) is 2.49. The fourth-order valence-corrected chi connectivity index (χ4v) is 2.58. The minimum atomic E-state index is -1.15. The summed E-state index contributed by atoms with van der Waals surface area (Å²) in [5, 5.41) is 3.18. The molecule has 4 nitrogen and oxygen atoms in total. The fourth-order valence-electron chi connectivity index (χ4n) is 2.58. The van der Waals surface area contributed by atoms with Crippen molar-refractivity contribution in [3.8, 4) is 0 Å². The van der Waals surface area contributed by atoms with Crippen LogP contribution < -0.4 is 11.1 Å². The lowest BCUT2D eigenvalue weighted by Gasteiger charge is -2.32. The Labute approximate surface area is 126 Å². The maximum absolute atomic E-state index is 14.1. The van der Waals surface area contributed by atoms with E-state index in [9.17, 15) is 9.18 Å². The second kappa shape index (κ2) is 8.10. The summed E-state index contributed by atoms with van der Waals surface area (Å²) in [6.45, 7) is 9.25. The third-order valence-corrected chi connectivity index (χ3v) is 4.03. The number of hydrogen-bond donors (Lipinski definition) is 2. The molecule has 0 saturated carbocycles. The first-order valence-electron chi connectivity index (χ1n) is 7.54. The Bertz CT molecular complexity index is 463. The van der Waals surface area contributed by atoms with Crippen molar-refractivity contribution in [3.63, 3.8) is 0 Å². The van der Waals surface area contributed by atoms with E-state index in [4.69, 9.17) is 5.73 Å². The molecule has 3 N–H and O–H groups in total. The van der Waals surface area contributed by atoms with Crippen LogP contribution in [0.3, 0.4) is 0 Å². The van der Waals surface area contributed by atoms with Gasteiger partial charge in [-0.25, -0.2) is 4.39 Å². The molecule has 1 aromatic carbocycles. The van der Waals surface area contributed by atoms with Crippen LogP contribution in [0.15, 0.2) is 24.3 Å². The Kier molecular flexibility index (Phi) is 6.78. The standard InChI is InChI=1S/C16H26FN3O/c1-4-16(15(18)21,13-9-7-8-10-14(13)17)19-11-12-20(5-2)6-3/h7-10,19H,4-6,11-12H2,1-3H3,(H2,18,21). The molecule has 0 radical (unpaired) electrons. The van der Waals surface area contributed by atoms with Gasteiger partial charge in [-0.3, -0.25) is 10.1 Å². The molecule has 0 aromatic heterocycles. The minimum absolute atomic E-state index is 0.319. The molecular formula is C16H26FN3O. The van der Waals surface area contributed by atoms with Crippen molar-refractivity contribution < 1.29 is 9.18 Å². The highest BCUT2D eigenvalue weighted by atomic mass is 19.1. The number of hydrogen-bond acceptors (Lipinski definition) is 3. The van der Waals surface area contributed by atoms with Crippen molar-refractivity contribution >= 4 is 5.91 Å². The Morgan fingerprint density at radius 1 is 1.29 bits per heavy atom. The molecule has 1 atom stereocenters. The van der Waals surface area contributed by atoms with E-state index in [0.717, 1.165) is 19.6 Å². The summed E-state index contributed by atoms with van der Waals surface area (Å²) in [4.78, 5) is 14.2. The molecule has 0 saturated heterocycles. The van der Waals surface area contributed by atoms with Gasteiger partial charge in [0.05, 0.1) is 0 Å². The third kappa shape index (κ3) is 4.02. The lowest BCUT2D eigenvalue weighted by Crippen LogP contribution is -2.54. The van der Waals surface area contributed by atoms with Crippen LogP contribution >= 0.6 is 0 Å². The molecule has 118 valence electrons. The monoisotopic (exact) mass is 295 g/mol. The van der Waals surface area contributed by atoms with E-state index in [-0.39, 0.29) is 0 Å². The Hall–Kier alpha value is -1.46. The number of rotatable bonds is 9. The quantitative estimate of drug-likeness (QED) is 0.731. The number of primary amides is 1. The van der Waals surface area contributed by atoms with Crippen LogP contribution in [0.25, 0.3) is 0 Å². The molecule has 1 amide bonds. The van der Waals surface area contributed by atoms with E-state index >= 15 is 0 Å². The van der Waals surface area contributed by atoms with Crippen molar-refractivity contribution in [2.24, 2.45) is 5.73 Å².